The van der Waals surface area contributed by atoms with E-state index in [4.69, 9.17) is 8.83 Å². The molecule has 0 unspecified atom stereocenters. The summed E-state index contributed by atoms with van der Waals surface area (Å²) in [5, 5.41) is 0. The molecule has 4 heteroatoms. The van der Waals surface area contributed by atoms with Gasteiger partial charge >= 0.3 is 0 Å². The maximum atomic E-state index is 4.75. The van der Waals surface area contributed by atoms with E-state index in [1.807, 2.05) is 0 Å². The second-order valence-corrected chi connectivity index (χ2v) is 1.75. The molecular formula is C6H4N2O2. The van der Waals surface area contributed by atoms with Gasteiger partial charge in [-0.25, -0.2) is 9.97 Å². The van der Waals surface area contributed by atoms with Crippen LogP contribution in [-0.2, 0) is 0 Å². The van der Waals surface area contributed by atoms with Crippen molar-refractivity contribution in [3.63, 3.8) is 0 Å². The van der Waals surface area contributed by atoms with E-state index in [2.05, 4.69) is 9.97 Å². The molecule has 0 N–H and O–H groups in total. The fourth-order valence-corrected chi connectivity index (χ4v) is 0.678. The van der Waals surface area contributed by atoms with Crippen LogP contribution in [0.25, 0.3) is 11.4 Å². The molecule has 0 saturated heterocycles. The fraction of sp³-hybridized carbons (Fsp3) is 0. The average Bonchev–Trinajstić information content (AvgIpc) is 2.59. The lowest BCUT2D eigenvalue weighted by Gasteiger charge is -1.79. The van der Waals surface area contributed by atoms with E-state index < -0.39 is 0 Å². The topological polar surface area (TPSA) is 52.1 Å². The lowest BCUT2D eigenvalue weighted by Crippen LogP contribution is -1.72. The number of nitrogens with zero attached hydrogens (tertiary/aromatic N) is 2. The van der Waals surface area contributed by atoms with Gasteiger partial charge in [0.05, 0.1) is 0 Å². The molecular weight excluding hydrogens is 132 g/mol. The second kappa shape index (κ2) is 1.98. The molecule has 0 atom stereocenters. The minimum absolute atomic E-state index is 0.689. The third-order valence-electron chi connectivity index (χ3n) is 1.13. The fourth-order valence-electron chi connectivity index (χ4n) is 0.678. The maximum Gasteiger partial charge on any atom is 0.181 e. The van der Waals surface area contributed by atoms with Crippen molar-refractivity contribution in [2.75, 3.05) is 0 Å². The van der Waals surface area contributed by atoms with Gasteiger partial charge in [0, 0.05) is 0 Å². The van der Waals surface area contributed by atoms with Gasteiger partial charge in [-0.2, -0.15) is 0 Å². The first kappa shape index (κ1) is 5.22. The van der Waals surface area contributed by atoms with Crippen molar-refractivity contribution in [2.24, 2.45) is 0 Å². The molecule has 0 aromatic carbocycles. The van der Waals surface area contributed by atoms with Gasteiger partial charge in [-0.05, 0) is 0 Å². The van der Waals surface area contributed by atoms with Gasteiger partial charge in [0.1, 0.15) is 23.9 Å². The first-order valence-electron chi connectivity index (χ1n) is 2.73. The van der Waals surface area contributed by atoms with Crippen molar-refractivity contribution in [1.82, 2.24) is 9.97 Å². The van der Waals surface area contributed by atoms with Crippen molar-refractivity contribution < 1.29 is 8.83 Å². The third kappa shape index (κ3) is 0.699. The zero-order valence-corrected chi connectivity index (χ0v) is 5.02. The summed E-state index contributed by atoms with van der Waals surface area (Å²) in [6.07, 6.45) is 5.73. The molecule has 2 heterocycles. The van der Waals surface area contributed by atoms with Crippen LogP contribution >= 0.6 is 0 Å². The largest absolute Gasteiger partial charge is 0.451 e. The number of hydrogen-bond donors (Lipinski definition) is 0. The highest BCUT2D eigenvalue weighted by molar-refractivity contribution is 5.49. The molecule has 2 aromatic heterocycles. The zero-order chi connectivity index (χ0) is 6.81. The number of rotatable bonds is 1. The van der Waals surface area contributed by atoms with Gasteiger partial charge < -0.3 is 8.83 Å². The Morgan fingerprint density at radius 1 is 0.900 bits per heavy atom. The summed E-state index contributed by atoms with van der Waals surface area (Å²) in [6.45, 7) is 0. The van der Waals surface area contributed by atoms with Crippen molar-refractivity contribution in [1.29, 1.82) is 0 Å². The minimum atomic E-state index is 0.689. The van der Waals surface area contributed by atoms with E-state index >= 15 is 0 Å². The van der Waals surface area contributed by atoms with Gasteiger partial charge in [0.2, 0.25) is 0 Å². The first-order chi connectivity index (χ1) is 4.97. The molecule has 0 spiro atoms. The monoisotopic (exact) mass is 136 g/mol. The van der Waals surface area contributed by atoms with E-state index in [-0.39, 0.29) is 0 Å². The Kier molecular flexibility index (Phi) is 1.04. The average molecular weight is 136 g/mol. The predicted octanol–water partition coefficient (Wildman–Crippen LogP) is 1.33. The second-order valence-electron chi connectivity index (χ2n) is 1.75. The van der Waals surface area contributed by atoms with E-state index in [9.17, 15) is 0 Å². The molecule has 0 saturated carbocycles. The van der Waals surface area contributed by atoms with Gasteiger partial charge in [0.15, 0.2) is 12.8 Å². The highest BCUT2D eigenvalue weighted by Crippen LogP contribution is 2.12. The summed E-state index contributed by atoms with van der Waals surface area (Å²) < 4.78 is 9.49. The normalized spacial score (nSPS) is 10.0. The van der Waals surface area contributed by atoms with Gasteiger partial charge in [-0.3, -0.25) is 0 Å². The van der Waals surface area contributed by atoms with Gasteiger partial charge in [-0.1, -0.05) is 0 Å². The molecule has 0 amide bonds. The van der Waals surface area contributed by atoms with E-state index in [1.165, 1.54) is 25.3 Å². The van der Waals surface area contributed by atoms with Crippen molar-refractivity contribution in [3.05, 3.63) is 25.3 Å². The van der Waals surface area contributed by atoms with Crippen LogP contribution in [0, 0.1) is 0 Å². The number of oxazole rings is 2. The Balaban J connectivity index is 2.48. The Labute approximate surface area is 56.5 Å². The van der Waals surface area contributed by atoms with Crippen LogP contribution in [0.4, 0.5) is 0 Å². The lowest BCUT2D eigenvalue weighted by atomic mass is 10.4. The Morgan fingerprint density at radius 2 is 1.40 bits per heavy atom. The van der Waals surface area contributed by atoms with E-state index in [0.717, 1.165) is 0 Å². The molecule has 0 aliphatic carbocycles. The molecule has 0 aliphatic heterocycles. The van der Waals surface area contributed by atoms with Crippen LogP contribution in [-0.4, -0.2) is 9.97 Å². The molecule has 0 bridgehead atoms. The summed E-state index contributed by atoms with van der Waals surface area (Å²) in [5.74, 6) is 0. The Bertz CT molecular complexity index is 253. The van der Waals surface area contributed by atoms with Crippen molar-refractivity contribution in [2.45, 2.75) is 0 Å². The molecule has 0 radical (unpaired) electrons. The predicted molar refractivity (Wildman–Crippen MR) is 32.0 cm³/mol. The summed E-state index contributed by atoms with van der Waals surface area (Å²) in [7, 11) is 0. The van der Waals surface area contributed by atoms with Crippen LogP contribution < -0.4 is 0 Å². The quantitative estimate of drug-likeness (QED) is 0.593. The van der Waals surface area contributed by atoms with Crippen molar-refractivity contribution in [3.8, 4) is 11.4 Å². The van der Waals surface area contributed by atoms with Crippen LogP contribution in [0.3, 0.4) is 0 Å². The summed E-state index contributed by atoms with van der Waals surface area (Å²) in [5.41, 5.74) is 1.38. The Hall–Kier alpha value is -1.58. The maximum absolute atomic E-state index is 4.75. The van der Waals surface area contributed by atoms with Crippen molar-refractivity contribution >= 4 is 0 Å². The molecule has 2 rings (SSSR count). The van der Waals surface area contributed by atoms with Gasteiger partial charge in [-0.15, -0.1) is 0 Å². The number of hydrogen-bond acceptors (Lipinski definition) is 4. The molecule has 4 nitrogen and oxygen atoms in total. The van der Waals surface area contributed by atoms with Crippen LogP contribution in [0.1, 0.15) is 0 Å². The SMILES string of the molecule is c1nc(-c2cocn2)co1. The van der Waals surface area contributed by atoms with E-state index in [1.54, 1.807) is 0 Å². The van der Waals surface area contributed by atoms with Crippen LogP contribution in [0.2, 0.25) is 0 Å². The van der Waals surface area contributed by atoms with Crippen LogP contribution in [0.15, 0.2) is 34.1 Å². The molecule has 50 valence electrons. The highest BCUT2D eigenvalue weighted by Gasteiger charge is 2.01. The van der Waals surface area contributed by atoms with Crippen LogP contribution in [0.5, 0.6) is 0 Å². The number of aromatic nitrogens is 2. The zero-order valence-electron chi connectivity index (χ0n) is 5.02. The van der Waals surface area contributed by atoms with Gasteiger partial charge in [0.25, 0.3) is 0 Å². The smallest absolute Gasteiger partial charge is 0.181 e. The summed E-state index contributed by atoms with van der Waals surface area (Å²) in [6, 6.07) is 0. The minimum Gasteiger partial charge on any atom is -0.451 e. The lowest BCUT2D eigenvalue weighted by molar-refractivity contribution is 0.556. The first-order valence-corrected chi connectivity index (χ1v) is 2.73. The molecule has 0 fully saturated rings. The molecule has 10 heavy (non-hydrogen) atoms. The standard InChI is InChI=1S/C6H4N2O2/c1-5(7-3-9-1)6-2-10-4-8-6/h1-4H. The Morgan fingerprint density at radius 3 is 1.70 bits per heavy atom. The highest BCUT2D eigenvalue weighted by atomic mass is 16.3. The molecule has 0 aliphatic rings. The van der Waals surface area contributed by atoms with E-state index in [0.29, 0.717) is 11.4 Å². The molecule has 2 aromatic rings. The summed E-state index contributed by atoms with van der Waals surface area (Å²) in [4.78, 5) is 7.74. The third-order valence-corrected chi connectivity index (χ3v) is 1.13. The summed E-state index contributed by atoms with van der Waals surface area (Å²) >= 11 is 0.